The van der Waals surface area contributed by atoms with Gasteiger partial charge in [-0.25, -0.2) is 4.98 Å². The Bertz CT molecular complexity index is 670. The molecule has 18 heavy (non-hydrogen) atoms. The molecule has 0 atom stereocenters. The Morgan fingerprint density at radius 3 is 2.67 bits per heavy atom. The molecule has 5 nitrogen and oxygen atoms in total. The van der Waals surface area contributed by atoms with E-state index in [2.05, 4.69) is 20.9 Å². The fourth-order valence-corrected chi connectivity index (χ4v) is 2.40. The molecular formula is C12H8BrN3O2. The first-order valence-corrected chi connectivity index (χ1v) is 5.86. The maximum absolute atomic E-state index is 11.0. The van der Waals surface area contributed by atoms with Crippen molar-refractivity contribution in [3.05, 3.63) is 50.1 Å². The second kappa shape index (κ2) is 4.63. The number of hydrogen-bond acceptors (Lipinski definition) is 3. The molecule has 0 bridgehead atoms. The van der Waals surface area contributed by atoms with E-state index in [9.17, 15) is 10.1 Å². The van der Waals surface area contributed by atoms with E-state index in [1.165, 1.54) is 6.07 Å². The third kappa shape index (κ3) is 2.13. The van der Waals surface area contributed by atoms with E-state index >= 15 is 0 Å². The van der Waals surface area contributed by atoms with Gasteiger partial charge in [0.15, 0.2) is 0 Å². The third-order valence-electron chi connectivity index (χ3n) is 2.51. The van der Waals surface area contributed by atoms with Crippen molar-refractivity contribution in [1.29, 1.82) is 5.26 Å². The maximum Gasteiger partial charge on any atom is 0.329 e. The molecule has 0 unspecified atom stereocenters. The van der Waals surface area contributed by atoms with Crippen LogP contribution in [0.4, 0.5) is 5.82 Å². The summed E-state index contributed by atoms with van der Waals surface area (Å²) in [5, 5.41) is 19.8. The Labute approximate surface area is 111 Å². The molecule has 1 heterocycles. The zero-order valence-corrected chi connectivity index (χ0v) is 11.0. The molecule has 0 spiro atoms. The average Bonchev–Trinajstić information content (AvgIpc) is 2.73. The van der Waals surface area contributed by atoms with Crippen molar-refractivity contribution >= 4 is 21.7 Å². The van der Waals surface area contributed by atoms with E-state index in [1.807, 2.05) is 25.1 Å². The van der Waals surface area contributed by atoms with E-state index in [0.717, 1.165) is 10.0 Å². The van der Waals surface area contributed by atoms with Gasteiger partial charge in [0.2, 0.25) is 5.69 Å². The highest BCUT2D eigenvalue weighted by Gasteiger charge is 2.20. The van der Waals surface area contributed by atoms with Crippen molar-refractivity contribution in [1.82, 2.24) is 4.98 Å². The number of hydrogen-bond donors (Lipinski definition) is 1. The van der Waals surface area contributed by atoms with Crippen molar-refractivity contribution in [2.45, 2.75) is 6.92 Å². The first-order valence-electron chi connectivity index (χ1n) is 5.07. The highest BCUT2D eigenvalue weighted by atomic mass is 79.9. The van der Waals surface area contributed by atoms with Gasteiger partial charge in [0.25, 0.3) is 0 Å². The van der Waals surface area contributed by atoms with Crippen molar-refractivity contribution in [2.24, 2.45) is 0 Å². The lowest BCUT2D eigenvalue weighted by Crippen LogP contribution is -1.91. The van der Waals surface area contributed by atoms with Crippen LogP contribution in [0.2, 0.25) is 0 Å². The normalized spacial score (nSPS) is 10.1. The molecule has 0 aliphatic carbocycles. The van der Waals surface area contributed by atoms with Gasteiger partial charge in [-0.1, -0.05) is 28.1 Å². The molecule has 0 aliphatic heterocycles. The minimum Gasteiger partial charge on any atom is -0.358 e. The van der Waals surface area contributed by atoms with Crippen molar-refractivity contribution in [3.63, 3.8) is 0 Å². The van der Waals surface area contributed by atoms with Gasteiger partial charge in [-0.15, -0.1) is 0 Å². The van der Waals surface area contributed by atoms with E-state index in [1.54, 1.807) is 6.07 Å². The molecule has 0 fully saturated rings. The Morgan fingerprint density at radius 1 is 1.39 bits per heavy atom. The van der Waals surface area contributed by atoms with Gasteiger partial charge in [-0.3, -0.25) is 0 Å². The van der Waals surface area contributed by atoms with Gasteiger partial charge >= 0.3 is 5.82 Å². The van der Waals surface area contributed by atoms with Crippen molar-refractivity contribution in [2.75, 3.05) is 0 Å². The standard InChI is InChI=1S/C12H8BrN3O2/c1-7-2-3-9(11(13)4-7)10-5-8(6-14)15-12(10)16(17)18/h2-5,15H,1H3. The number of benzene rings is 1. The summed E-state index contributed by atoms with van der Waals surface area (Å²) in [6.45, 7) is 1.93. The summed E-state index contributed by atoms with van der Waals surface area (Å²) in [7, 11) is 0. The minimum atomic E-state index is -0.525. The number of halogens is 1. The van der Waals surface area contributed by atoms with Crippen LogP contribution in [-0.2, 0) is 0 Å². The summed E-state index contributed by atoms with van der Waals surface area (Å²) in [5.41, 5.74) is 2.31. The third-order valence-corrected chi connectivity index (χ3v) is 3.17. The zero-order valence-electron chi connectivity index (χ0n) is 9.40. The van der Waals surface area contributed by atoms with Gasteiger partial charge in [-0.05, 0) is 23.5 Å². The van der Waals surface area contributed by atoms with Crippen molar-refractivity contribution < 1.29 is 4.92 Å². The number of nitriles is 1. The summed E-state index contributed by atoms with van der Waals surface area (Å²) in [5.74, 6) is -0.170. The molecule has 90 valence electrons. The van der Waals surface area contributed by atoms with Crippen LogP contribution in [-0.4, -0.2) is 9.91 Å². The largest absolute Gasteiger partial charge is 0.358 e. The number of aromatic nitrogens is 1. The first kappa shape index (κ1) is 12.3. The maximum atomic E-state index is 11.0. The number of H-pyrrole nitrogens is 1. The molecule has 0 saturated carbocycles. The van der Waals surface area contributed by atoms with Crippen LogP contribution in [0.5, 0.6) is 0 Å². The zero-order chi connectivity index (χ0) is 13.3. The molecule has 1 aromatic carbocycles. The van der Waals surface area contributed by atoms with Gasteiger partial charge in [0.1, 0.15) is 6.07 Å². The lowest BCUT2D eigenvalue weighted by Gasteiger charge is -2.03. The van der Waals surface area contributed by atoms with Crippen LogP contribution in [0, 0.1) is 28.4 Å². The predicted octanol–water partition coefficient (Wildman–Crippen LogP) is 3.53. The van der Waals surface area contributed by atoms with Crippen LogP contribution < -0.4 is 0 Å². The Kier molecular flexibility index (Phi) is 3.17. The molecule has 0 amide bonds. The van der Waals surface area contributed by atoms with Crippen LogP contribution in [0.15, 0.2) is 28.7 Å². The lowest BCUT2D eigenvalue weighted by atomic mass is 10.1. The Hall–Kier alpha value is -2.13. The summed E-state index contributed by atoms with van der Waals surface area (Å²) in [6, 6.07) is 8.87. The molecule has 2 rings (SSSR count). The van der Waals surface area contributed by atoms with E-state index < -0.39 is 4.92 Å². The predicted molar refractivity (Wildman–Crippen MR) is 70.0 cm³/mol. The number of rotatable bonds is 2. The number of nitrogens with one attached hydrogen (secondary N) is 1. The second-order valence-electron chi connectivity index (χ2n) is 3.80. The number of aromatic amines is 1. The highest BCUT2D eigenvalue weighted by Crippen LogP contribution is 2.35. The average molecular weight is 306 g/mol. The lowest BCUT2D eigenvalue weighted by molar-refractivity contribution is -0.388. The van der Waals surface area contributed by atoms with Gasteiger partial charge < -0.3 is 10.1 Å². The Morgan fingerprint density at radius 2 is 2.11 bits per heavy atom. The molecule has 0 aliphatic rings. The van der Waals surface area contributed by atoms with Crippen LogP contribution >= 0.6 is 15.9 Å². The van der Waals surface area contributed by atoms with E-state index in [0.29, 0.717) is 11.1 Å². The molecule has 1 aromatic heterocycles. The fraction of sp³-hybridized carbons (Fsp3) is 0.0833. The number of nitrogens with zero attached hydrogens (tertiary/aromatic N) is 2. The molecule has 2 aromatic rings. The summed E-state index contributed by atoms with van der Waals surface area (Å²) in [6.07, 6.45) is 0. The van der Waals surface area contributed by atoms with Crippen LogP contribution in [0.1, 0.15) is 11.3 Å². The van der Waals surface area contributed by atoms with Gasteiger partial charge in [-0.2, -0.15) is 5.26 Å². The van der Waals surface area contributed by atoms with Gasteiger partial charge in [0, 0.05) is 16.1 Å². The Balaban J connectivity index is 2.67. The minimum absolute atomic E-state index is 0.170. The molecule has 6 heteroatoms. The van der Waals surface area contributed by atoms with Crippen LogP contribution in [0.3, 0.4) is 0 Å². The van der Waals surface area contributed by atoms with Gasteiger partial charge in [0.05, 0.1) is 5.56 Å². The van der Waals surface area contributed by atoms with Crippen LogP contribution in [0.25, 0.3) is 11.1 Å². The first-order chi connectivity index (χ1) is 8.52. The molecular weight excluding hydrogens is 298 g/mol. The topological polar surface area (TPSA) is 82.7 Å². The van der Waals surface area contributed by atoms with E-state index in [-0.39, 0.29) is 11.5 Å². The van der Waals surface area contributed by atoms with E-state index in [4.69, 9.17) is 5.26 Å². The SMILES string of the molecule is Cc1ccc(-c2cc(C#N)[nH]c2[N+](=O)[O-])c(Br)c1. The molecule has 0 radical (unpaired) electrons. The van der Waals surface area contributed by atoms with Crippen molar-refractivity contribution in [3.8, 4) is 17.2 Å². The highest BCUT2D eigenvalue weighted by molar-refractivity contribution is 9.10. The second-order valence-corrected chi connectivity index (χ2v) is 4.65. The monoisotopic (exact) mass is 305 g/mol. The molecule has 1 N–H and O–H groups in total. The fourth-order valence-electron chi connectivity index (χ4n) is 1.69. The summed E-state index contributed by atoms with van der Waals surface area (Å²) < 4.78 is 0.758. The molecule has 0 saturated heterocycles. The quantitative estimate of drug-likeness (QED) is 0.680. The summed E-state index contributed by atoms with van der Waals surface area (Å²) in [4.78, 5) is 12.9. The smallest absolute Gasteiger partial charge is 0.329 e. The number of aryl methyl sites for hydroxylation is 1. The number of nitro groups is 1. The summed E-state index contributed by atoms with van der Waals surface area (Å²) >= 11 is 3.38.